The van der Waals surface area contributed by atoms with E-state index in [0.29, 0.717) is 0 Å². The molecular weight excluding hydrogens is 544 g/mol. The maximum Gasteiger partial charge on any atom is 0.0538 e. The third-order valence-electron chi connectivity index (χ3n) is 9.30. The van der Waals surface area contributed by atoms with Gasteiger partial charge >= 0.3 is 0 Å². The van der Waals surface area contributed by atoms with Gasteiger partial charge < -0.3 is 4.57 Å². The summed E-state index contributed by atoms with van der Waals surface area (Å²) >= 11 is 0. The van der Waals surface area contributed by atoms with Crippen LogP contribution in [0.1, 0.15) is 11.3 Å². The van der Waals surface area contributed by atoms with Gasteiger partial charge in [-0.1, -0.05) is 127 Å². The van der Waals surface area contributed by atoms with Crippen LogP contribution in [0.4, 0.5) is 0 Å². The van der Waals surface area contributed by atoms with Crippen LogP contribution in [-0.4, -0.2) is 17.3 Å². The molecule has 1 aromatic heterocycles. The first-order valence-electron chi connectivity index (χ1n) is 15.7. The van der Waals surface area contributed by atoms with E-state index in [1.54, 1.807) is 0 Å². The van der Waals surface area contributed by atoms with Crippen molar-refractivity contribution in [3.05, 3.63) is 163 Å². The van der Waals surface area contributed by atoms with E-state index in [9.17, 15) is 0 Å². The molecule has 0 radical (unpaired) electrons. The highest BCUT2D eigenvalue weighted by Crippen LogP contribution is 2.44. The predicted octanol–water partition coefficient (Wildman–Crippen LogP) is 10.9. The Kier molecular flexibility index (Phi) is 5.99. The summed E-state index contributed by atoms with van der Waals surface area (Å²) in [6.45, 7) is 0.810. The molecule has 8 aromatic rings. The summed E-state index contributed by atoms with van der Waals surface area (Å²) in [7, 11) is 0. The van der Waals surface area contributed by atoms with Gasteiger partial charge in [0.25, 0.3) is 0 Å². The van der Waals surface area contributed by atoms with Crippen LogP contribution in [0.5, 0.6) is 0 Å². The molecule has 0 atom stereocenters. The predicted molar refractivity (Wildman–Crippen MR) is 191 cm³/mol. The van der Waals surface area contributed by atoms with Gasteiger partial charge in [-0.3, -0.25) is 4.99 Å². The first-order valence-corrected chi connectivity index (χ1v) is 15.7. The van der Waals surface area contributed by atoms with Crippen molar-refractivity contribution in [3.8, 4) is 39.1 Å². The Bertz CT molecular complexity index is 2360. The molecule has 2 heterocycles. The number of aliphatic imine (C=N–C) groups is 1. The Morgan fingerprint density at radius 1 is 0.444 bits per heavy atom. The summed E-state index contributed by atoms with van der Waals surface area (Å²) < 4.78 is 2.47. The van der Waals surface area contributed by atoms with E-state index in [-0.39, 0.29) is 0 Å². The van der Waals surface area contributed by atoms with Crippen LogP contribution < -0.4 is 0 Å². The monoisotopic (exact) mass is 574 g/mol. The van der Waals surface area contributed by atoms with E-state index < -0.39 is 0 Å². The molecule has 0 bridgehead atoms. The lowest BCUT2D eigenvalue weighted by molar-refractivity contribution is 0.875. The van der Waals surface area contributed by atoms with Crippen LogP contribution in [0.15, 0.2) is 157 Å². The summed E-state index contributed by atoms with van der Waals surface area (Å²) in [6.07, 6.45) is 3.00. The molecule has 0 saturated heterocycles. The number of fused-ring (bicyclic) bond motifs is 5. The van der Waals surface area contributed by atoms with Crippen molar-refractivity contribution < 1.29 is 0 Å². The average molecular weight is 575 g/mol. The van der Waals surface area contributed by atoms with Crippen LogP contribution >= 0.6 is 0 Å². The van der Waals surface area contributed by atoms with Crippen molar-refractivity contribution in [1.29, 1.82) is 0 Å². The third kappa shape index (κ3) is 4.14. The molecule has 0 spiro atoms. The second-order valence-corrected chi connectivity index (χ2v) is 11.8. The van der Waals surface area contributed by atoms with Crippen molar-refractivity contribution in [2.75, 3.05) is 6.54 Å². The maximum atomic E-state index is 4.71. The van der Waals surface area contributed by atoms with Gasteiger partial charge in [0.05, 0.1) is 5.52 Å². The molecule has 9 rings (SSSR count). The fraction of sp³-hybridized carbons (Fsp3) is 0.0465. The Balaban J connectivity index is 1.29. The normalized spacial score (nSPS) is 12.6. The number of aromatic nitrogens is 1. The van der Waals surface area contributed by atoms with E-state index in [1.165, 1.54) is 82.8 Å². The molecule has 7 aromatic carbocycles. The minimum atomic E-state index is 0.810. The quantitative estimate of drug-likeness (QED) is 0.186. The lowest BCUT2D eigenvalue weighted by Crippen LogP contribution is -2.07. The molecule has 212 valence electrons. The highest BCUT2D eigenvalue weighted by Gasteiger charge is 2.21. The highest BCUT2D eigenvalue weighted by molar-refractivity contribution is 6.21. The molecule has 0 saturated carbocycles. The fourth-order valence-corrected chi connectivity index (χ4v) is 7.35. The minimum Gasteiger partial charge on any atom is -0.313 e. The minimum absolute atomic E-state index is 0.810. The standard InChI is InChI=1S/C43H30N2/c1-3-12-29(13-4-1)31-22-23-40-38(27-31)39-28-44-25-24-41(39)45(40)33-17-11-16-32(26-33)43-36-20-9-7-18-34(36)42(30-14-5-2-6-15-30)35-19-8-10-21-37(35)43/h1-23,26-28H,24-25H2. The van der Waals surface area contributed by atoms with Crippen molar-refractivity contribution in [3.63, 3.8) is 0 Å². The van der Waals surface area contributed by atoms with E-state index in [1.807, 2.05) is 0 Å². The van der Waals surface area contributed by atoms with Crippen molar-refractivity contribution >= 4 is 38.7 Å². The largest absolute Gasteiger partial charge is 0.313 e. The third-order valence-corrected chi connectivity index (χ3v) is 9.30. The van der Waals surface area contributed by atoms with Gasteiger partial charge in [0.2, 0.25) is 0 Å². The van der Waals surface area contributed by atoms with E-state index in [2.05, 4.69) is 162 Å². The van der Waals surface area contributed by atoms with Crippen LogP contribution in [0.3, 0.4) is 0 Å². The Labute approximate surface area is 262 Å². The molecule has 2 nitrogen and oxygen atoms in total. The molecule has 45 heavy (non-hydrogen) atoms. The number of nitrogens with zero attached hydrogens (tertiary/aromatic N) is 2. The van der Waals surface area contributed by atoms with E-state index >= 15 is 0 Å². The smallest absolute Gasteiger partial charge is 0.0538 e. The second kappa shape index (κ2) is 10.5. The zero-order valence-electron chi connectivity index (χ0n) is 24.8. The second-order valence-electron chi connectivity index (χ2n) is 11.8. The Morgan fingerprint density at radius 2 is 1.02 bits per heavy atom. The van der Waals surface area contributed by atoms with Gasteiger partial charge in [-0.05, 0) is 79.2 Å². The number of rotatable bonds is 4. The van der Waals surface area contributed by atoms with Gasteiger partial charge in [-0.2, -0.15) is 0 Å². The van der Waals surface area contributed by atoms with Gasteiger partial charge in [-0.15, -0.1) is 0 Å². The number of benzene rings is 7. The Morgan fingerprint density at radius 3 is 1.69 bits per heavy atom. The van der Waals surface area contributed by atoms with Crippen LogP contribution in [0, 0.1) is 0 Å². The Hall–Kier alpha value is -5.73. The molecule has 0 aliphatic carbocycles. The molecule has 0 amide bonds. The molecule has 0 N–H and O–H groups in total. The van der Waals surface area contributed by atoms with Crippen LogP contribution in [0.25, 0.3) is 71.5 Å². The van der Waals surface area contributed by atoms with E-state index in [4.69, 9.17) is 4.99 Å². The zero-order valence-corrected chi connectivity index (χ0v) is 24.8. The highest BCUT2D eigenvalue weighted by atomic mass is 15.0. The van der Waals surface area contributed by atoms with Gasteiger partial charge in [0.1, 0.15) is 0 Å². The summed E-state index contributed by atoms with van der Waals surface area (Å²) in [5.41, 5.74) is 12.5. The maximum absolute atomic E-state index is 4.71. The van der Waals surface area contributed by atoms with E-state index in [0.717, 1.165) is 13.0 Å². The lowest BCUT2D eigenvalue weighted by atomic mass is 9.86. The van der Waals surface area contributed by atoms with Crippen molar-refractivity contribution in [2.24, 2.45) is 4.99 Å². The first-order chi connectivity index (χ1) is 22.3. The van der Waals surface area contributed by atoms with Gasteiger partial charge in [0.15, 0.2) is 0 Å². The summed E-state index contributed by atoms with van der Waals surface area (Å²) in [5.74, 6) is 0. The van der Waals surface area contributed by atoms with Crippen molar-refractivity contribution in [2.45, 2.75) is 6.42 Å². The number of hydrogen-bond donors (Lipinski definition) is 0. The molecular formula is C43H30N2. The molecule has 0 fully saturated rings. The lowest BCUT2D eigenvalue weighted by Gasteiger charge is -2.19. The average Bonchev–Trinajstić information content (AvgIpc) is 3.45. The first kappa shape index (κ1) is 25.7. The SMILES string of the molecule is C1=NCCc2c1c1cc(-c3ccccc3)ccc1n2-c1cccc(-c2c3ccccc3c(-c3ccccc3)c3ccccc23)c1. The number of hydrogen-bond acceptors (Lipinski definition) is 1. The zero-order chi connectivity index (χ0) is 29.7. The topological polar surface area (TPSA) is 17.3 Å². The van der Waals surface area contributed by atoms with Gasteiger partial charge in [-0.25, -0.2) is 0 Å². The fourth-order valence-electron chi connectivity index (χ4n) is 7.35. The van der Waals surface area contributed by atoms with Crippen LogP contribution in [0.2, 0.25) is 0 Å². The van der Waals surface area contributed by atoms with Crippen molar-refractivity contribution in [1.82, 2.24) is 4.57 Å². The molecule has 0 unspecified atom stereocenters. The summed E-state index contributed by atoms with van der Waals surface area (Å²) in [5, 5.41) is 6.34. The molecule has 2 heteroatoms. The molecule has 1 aliphatic heterocycles. The summed E-state index contributed by atoms with van der Waals surface area (Å²) in [6, 6.07) is 55.2. The van der Waals surface area contributed by atoms with Crippen LogP contribution in [-0.2, 0) is 6.42 Å². The summed E-state index contributed by atoms with van der Waals surface area (Å²) in [4.78, 5) is 4.71. The molecule has 1 aliphatic rings. The van der Waals surface area contributed by atoms with Gasteiger partial charge in [0, 0.05) is 41.5 Å².